The predicted molar refractivity (Wildman–Crippen MR) is 98.9 cm³/mol. The van der Waals surface area contributed by atoms with Gasteiger partial charge in [0.25, 0.3) is 0 Å². The van der Waals surface area contributed by atoms with E-state index in [2.05, 4.69) is 18.1 Å². The highest BCUT2D eigenvalue weighted by Crippen LogP contribution is 2.22. The summed E-state index contributed by atoms with van der Waals surface area (Å²) >= 11 is 0. The monoisotopic (exact) mass is 303 g/mol. The van der Waals surface area contributed by atoms with Crippen LogP contribution in [0.15, 0.2) is 86.0 Å². The first-order valence-electron chi connectivity index (χ1n) is 7.59. The summed E-state index contributed by atoms with van der Waals surface area (Å²) in [6.07, 6.45) is 7.20. The van der Waals surface area contributed by atoms with Gasteiger partial charge in [0, 0.05) is 24.3 Å². The number of hydrogen-bond acceptors (Lipinski definition) is 2. The first kappa shape index (κ1) is 16.5. The second-order valence-electron chi connectivity index (χ2n) is 5.10. The van der Waals surface area contributed by atoms with Crippen molar-refractivity contribution in [1.82, 2.24) is 0 Å². The molecule has 0 heterocycles. The molecule has 0 N–H and O–H groups in total. The fourth-order valence-corrected chi connectivity index (χ4v) is 2.36. The van der Waals surface area contributed by atoms with Crippen LogP contribution >= 0.6 is 0 Å². The Morgan fingerprint density at radius 3 is 2.17 bits per heavy atom. The van der Waals surface area contributed by atoms with E-state index in [-0.39, 0.29) is 5.78 Å². The highest BCUT2D eigenvalue weighted by atomic mass is 16.1. The molecule has 0 fully saturated rings. The van der Waals surface area contributed by atoms with Gasteiger partial charge in [-0.15, -0.1) is 13.2 Å². The van der Waals surface area contributed by atoms with Gasteiger partial charge in [-0.25, -0.2) is 0 Å². The maximum atomic E-state index is 12.2. The molecule has 0 aliphatic carbocycles. The van der Waals surface area contributed by atoms with Gasteiger partial charge in [0.15, 0.2) is 5.78 Å². The third-order valence-electron chi connectivity index (χ3n) is 3.45. The van der Waals surface area contributed by atoms with Crippen LogP contribution in [0, 0.1) is 0 Å². The van der Waals surface area contributed by atoms with Gasteiger partial charge in [0.1, 0.15) is 0 Å². The molecule has 0 saturated heterocycles. The van der Waals surface area contributed by atoms with Gasteiger partial charge in [0.2, 0.25) is 0 Å². The van der Waals surface area contributed by atoms with Crippen LogP contribution in [0.2, 0.25) is 0 Å². The van der Waals surface area contributed by atoms with Crippen molar-refractivity contribution in [3.8, 4) is 0 Å². The zero-order chi connectivity index (χ0) is 16.5. The minimum Gasteiger partial charge on any atom is -0.364 e. The van der Waals surface area contributed by atoms with Gasteiger partial charge < -0.3 is 4.90 Å². The van der Waals surface area contributed by atoms with Crippen molar-refractivity contribution in [2.75, 3.05) is 18.0 Å². The van der Waals surface area contributed by atoms with Crippen molar-refractivity contribution >= 4 is 17.5 Å². The number of allylic oxidation sites excluding steroid dienone is 1. The molecule has 0 aliphatic rings. The fraction of sp³-hybridized carbons (Fsp3) is 0.0952. The lowest BCUT2D eigenvalue weighted by atomic mass is 10.1. The first-order chi connectivity index (χ1) is 11.3. The minimum absolute atomic E-state index is 0.000561. The van der Waals surface area contributed by atoms with Crippen molar-refractivity contribution in [3.05, 3.63) is 97.1 Å². The van der Waals surface area contributed by atoms with Gasteiger partial charge in [-0.1, -0.05) is 60.7 Å². The summed E-state index contributed by atoms with van der Waals surface area (Å²) in [6.45, 7) is 9.06. The highest BCUT2D eigenvalue weighted by Gasteiger charge is 2.07. The van der Waals surface area contributed by atoms with E-state index < -0.39 is 0 Å². The van der Waals surface area contributed by atoms with Gasteiger partial charge in [0.05, 0.1) is 0 Å². The fourth-order valence-electron chi connectivity index (χ4n) is 2.36. The lowest BCUT2D eigenvalue weighted by Crippen LogP contribution is -2.23. The van der Waals surface area contributed by atoms with E-state index in [1.54, 1.807) is 6.08 Å². The molecule has 2 heteroatoms. The van der Waals surface area contributed by atoms with Crippen molar-refractivity contribution in [3.63, 3.8) is 0 Å². The Bertz CT molecular complexity index is 691. The number of hydrogen-bond donors (Lipinski definition) is 0. The van der Waals surface area contributed by atoms with Gasteiger partial charge in [-0.3, -0.25) is 4.79 Å². The van der Waals surface area contributed by atoms with Crippen LogP contribution in [-0.2, 0) is 0 Å². The van der Waals surface area contributed by atoms with E-state index in [9.17, 15) is 4.79 Å². The van der Waals surface area contributed by atoms with Crippen molar-refractivity contribution in [2.45, 2.75) is 0 Å². The molecule has 0 amide bonds. The van der Waals surface area contributed by atoms with Crippen LogP contribution in [0.4, 0.5) is 5.69 Å². The average molecular weight is 303 g/mol. The molecule has 2 rings (SSSR count). The van der Waals surface area contributed by atoms with Crippen LogP contribution in [0.5, 0.6) is 0 Å². The molecule has 23 heavy (non-hydrogen) atoms. The highest BCUT2D eigenvalue weighted by molar-refractivity contribution is 6.07. The molecule has 0 saturated carbocycles. The van der Waals surface area contributed by atoms with Crippen LogP contribution in [-0.4, -0.2) is 18.9 Å². The second kappa shape index (κ2) is 8.54. The Balaban J connectivity index is 2.26. The molecule has 2 aromatic rings. The van der Waals surface area contributed by atoms with Gasteiger partial charge >= 0.3 is 0 Å². The van der Waals surface area contributed by atoms with Gasteiger partial charge in [-0.05, 0) is 23.8 Å². The van der Waals surface area contributed by atoms with Crippen molar-refractivity contribution in [2.24, 2.45) is 0 Å². The summed E-state index contributed by atoms with van der Waals surface area (Å²) in [4.78, 5) is 14.4. The minimum atomic E-state index is -0.000561. The zero-order valence-electron chi connectivity index (χ0n) is 13.2. The maximum Gasteiger partial charge on any atom is 0.185 e. The van der Waals surface area contributed by atoms with E-state index in [4.69, 9.17) is 0 Å². The lowest BCUT2D eigenvalue weighted by Gasteiger charge is -2.23. The number of ketones is 1. The summed E-state index contributed by atoms with van der Waals surface area (Å²) in [5.74, 6) is -0.000561. The van der Waals surface area contributed by atoms with Gasteiger partial charge in [-0.2, -0.15) is 0 Å². The Kier molecular flexibility index (Phi) is 6.13. The van der Waals surface area contributed by atoms with E-state index >= 15 is 0 Å². The van der Waals surface area contributed by atoms with Crippen LogP contribution in [0.3, 0.4) is 0 Å². The normalized spacial score (nSPS) is 10.4. The third kappa shape index (κ3) is 4.55. The number of anilines is 1. The van der Waals surface area contributed by atoms with Crippen molar-refractivity contribution in [1.29, 1.82) is 0 Å². The molecule has 0 spiro atoms. The average Bonchev–Trinajstić information content (AvgIpc) is 2.60. The number of carbonyl (C=O) groups is 1. The third-order valence-corrected chi connectivity index (χ3v) is 3.45. The molecule has 2 nitrogen and oxygen atoms in total. The molecule has 0 aromatic heterocycles. The largest absolute Gasteiger partial charge is 0.364 e. The Morgan fingerprint density at radius 2 is 1.52 bits per heavy atom. The maximum absolute atomic E-state index is 12.2. The zero-order valence-corrected chi connectivity index (χ0v) is 13.2. The van der Waals surface area contributed by atoms with E-state index in [0.29, 0.717) is 5.56 Å². The first-order valence-corrected chi connectivity index (χ1v) is 7.59. The van der Waals surface area contributed by atoms with E-state index in [0.717, 1.165) is 24.3 Å². The summed E-state index contributed by atoms with van der Waals surface area (Å²) in [5.41, 5.74) is 2.75. The number of carbonyl (C=O) groups excluding carboxylic acids is 1. The molecular weight excluding hydrogens is 282 g/mol. The Morgan fingerprint density at radius 1 is 0.913 bits per heavy atom. The second-order valence-corrected chi connectivity index (χ2v) is 5.10. The molecule has 0 atom stereocenters. The molecule has 0 unspecified atom stereocenters. The Hall–Kier alpha value is -2.87. The summed E-state index contributed by atoms with van der Waals surface area (Å²) in [5, 5.41) is 0. The molecule has 0 aliphatic heterocycles. The standard InChI is InChI=1S/C21H21NO/c1-3-16-22(17-4-2)20-13-9-8-10-18(20)14-15-21(23)19-11-6-5-7-12-19/h3-15H,1-2,16-17H2/b15-14+. The predicted octanol–water partition coefficient (Wildman–Crippen LogP) is 4.76. The molecule has 116 valence electrons. The quantitative estimate of drug-likeness (QED) is 0.398. The molecule has 0 bridgehead atoms. The number of para-hydroxylation sites is 1. The topological polar surface area (TPSA) is 20.3 Å². The molecular formula is C21H21NO. The van der Waals surface area contributed by atoms with E-state index in [1.807, 2.05) is 72.8 Å². The Labute approximate surface area is 138 Å². The number of benzene rings is 2. The summed E-state index contributed by atoms with van der Waals surface area (Å²) in [7, 11) is 0. The molecule has 0 radical (unpaired) electrons. The van der Waals surface area contributed by atoms with E-state index in [1.165, 1.54) is 0 Å². The van der Waals surface area contributed by atoms with Crippen LogP contribution in [0.25, 0.3) is 6.08 Å². The SMILES string of the molecule is C=CCN(CC=C)c1ccccc1/C=C/C(=O)c1ccccc1. The lowest BCUT2D eigenvalue weighted by molar-refractivity contribution is 0.104. The molecule has 2 aromatic carbocycles. The summed E-state index contributed by atoms with van der Waals surface area (Å²) in [6, 6.07) is 17.3. The van der Waals surface area contributed by atoms with Crippen molar-refractivity contribution < 1.29 is 4.79 Å². The summed E-state index contributed by atoms with van der Waals surface area (Å²) < 4.78 is 0. The number of nitrogens with zero attached hydrogens (tertiary/aromatic N) is 1. The van der Waals surface area contributed by atoms with Crippen LogP contribution < -0.4 is 4.90 Å². The smallest absolute Gasteiger partial charge is 0.185 e. The van der Waals surface area contributed by atoms with Crippen LogP contribution in [0.1, 0.15) is 15.9 Å². The number of rotatable bonds is 8.